The number of nitrogens with zero attached hydrogens (tertiary/aromatic N) is 1. The molecule has 3 N–H and O–H groups in total. The minimum atomic E-state index is -0.807. The normalized spacial score (nSPS) is 24.4. The van der Waals surface area contributed by atoms with E-state index in [-0.39, 0.29) is 30.9 Å². The molecular formula is C27H39NO6. The fraction of sp³-hybridized carbons (Fsp3) is 0.630. The molecule has 7 heteroatoms. The quantitative estimate of drug-likeness (QED) is 0.334. The minimum absolute atomic E-state index is 0.101. The van der Waals surface area contributed by atoms with Crippen LogP contribution in [0, 0.1) is 23.7 Å². The zero-order valence-corrected chi connectivity index (χ0v) is 20.8. The van der Waals surface area contributed by atoms with Gasteiger partial charge in [0.05, 0.1) is 24.5 Å². The monoisotopic (exact) mass is 473 g/mol. The molecule has 1 fully saturated rings. The molecule has 34 heavy (non-hydrogen) atoms. The van der Waals surface area contributed by atoms with Crippen LogP contribution >= 0.6 is 0 Å². The molecule has 2 aliphatic rings. The van der Waals surface area contributed by atoms with E-state index >= 15 is 0 Å². The Morgan fingerprint density at radius 3 is 2.50 bits per heavy atom. The van der Waals surface area contributed by atoms with Crippen molar-refractivity contribution in [1.29, 1.82) is 0 Å². The molecule has 2 amide bonds. The second kappa shape index (κ2) is 11.5. The van der Waals surface area contributed by atoms with Crippen LogP contribution in [0.4, 0.5) is 0 Å². The number of fused-ring (bicyclic) bond motifs is 1. The van der Waals surface area contributed by atoms with Crippen LogP contribution < -0.4 is 0 Å². The van der Waals surface area contributed by atoms with Gasteiger partial charge in [0.1, 0.15) is 18.1 Å². The first-order chi connectivity index (χ1) is 16.3. The summed E-state index contributed by atoms with van der Waals surface area (Å²) in [4.78, 5) is 27.5. The zero-order valence-electron chi connectivity index (χ0n) is 20.8. The summed E-state index contributed by atoms with van der Waals surface area (Å²) >= 11 is 0. The molecule has 0 saturated carbocycles. The summed E-state index contributed by atoms with van der Waals surface area (Å²) in [6.45, 7) is 8.03. The summed E-state index contributed by atoms with van der Waals surface area (Å²) < 4.78 is 5.56. The maximum atomic E-state index is 13.1. The Hall–Kier alpha value is -2.22. The second-order valence-corrected chi connectivity index (χ2v) is 9.76. The number of amides is 2. The number of likely N-dealkylation sites (tertiary alicyclic amines) is 1. The molecule has 0 bridgehead atoms. The number of imide groups is 1. The summed E-state index contributed by atoms with van der Waals surface area (Å²) in [5, 5.41) is 30.9. The molecule has 0 spiro atoms. The third-order valence-electron chi connectivity index (χ3n) is 7.29. The molecular weight excluding hydrogens is 434 g/mol. The van der Waals surface area contributed by atoms with E-state index in [4.69, 9.17) is 4.42 Å². The molecule has 1 saturated heterocycles. The summed E-state index contributed by atoms with van der Waals surface area (Å²) in [5.41, 5.74) is 2.84. The Morgan fingerprint density at radius 1 is 1.21 bits per heavy atom. The first-order valence-electron chi connectivity index (χ1n) is 12.5. The molecule has 188 valence electrons. The van der Waals surface area contributed by atoms with Crippen molar-refractivity contribution in [3.8, 4) is 0 Å². The Morgan fingerprint density at radius 2 is 1.94 bits per heavy atom. The van der Waals surface area contributed by atoms with Crippen LogP contribution in [0.2, 0.25) is 0 Å². The number of furan rings is 1. The van der Waals surface area contributed by atoms with Crippen molar-refractivity contribution in [2.45, 2.75) is 72.5 Å². The van der Waals surface area contributed by atoms with Crippen molar-refractivity contribution < 1.29 is 29.3 Å². The van der Waals surface area contributed by atoms with E-state index in [0.29, 0.717) is 43.7 Å². The molecule has 3 rings (SSSR count). The molecule has 0 aromatic carbocycles. The van der Waals surface area contributed by atoms with Crippen LogP contribution in [0.5, 0.6) is 0 Å². The minimum Gasteiger partial charge on any atom is -0.459 e. The lowest BCUT2D eigenvalue weighted by Crippen LogP contribution is -2.40. The summed E-state index contributed by atoms with van der Waals surface area (Å²) in [6.07, 6.45) is 4.15. The van der Waals surface area contributed by atoms with Gasteiger partial charge in [0.2, 0.25) is 11.8 Å². The third kappa shape index (κ3) is 5.21. The fourth-order valence-electron chi connectivity index (χ4n) is 5.54. The molecule has 2 heterocycles. The van der Waals surface area contributed by atoms with Gasteiger partial charge in [0, 0.05) is 12.5 Å². The number of allylic oxidation sites excluding steroid dienone is 2. The average molecular weight is 474 g/mol. The van der Waals surface area contributed by atoms with Crippen molar-refractivity contribution in [2.75, 3.05) is 13.2 Å². The standard InChI is InChI=1S/C27H39NO6/c1-5-11-28-26(32)21-13-20(16(3)4)24(22(15-30)25(21)27(28)33)23(31)10-7-17(6-2)12-18-8-9-19(14-29)34-18/h8-9,12,16,21-23,25,29-31H,5-7,10-11,13-15H2,1-4H3/b17-12+/t21-,22+,23-,25-/m1/s1. The van der Waals surface area contributed by atoms with Gasteiger partial charge in [-0.1, -0.05) is 38.8 Å². The number of carbonyl (C=O) groups excluding carboxylic acids is 2. The van der Waals surface area contributed by atoms with Gasteiger partial charge in [-0.3, -0.25) is 14.5 Å². The first kappa shape index (κ1) is 26.4. The number of hydrogen-bond donors (Lipinski definition) is 3. The van der Waals surface area contributed by atoms with E-state index in [0.717, 1.165) is 23.1 Å². The molecule has 1 aliphatic heterocycles. The smallest absolute Gasteiger partial charge is 0.233 e. The van der Waals surface area contributed by atoms with Crippen LogP contribution in [-0.2, 0) is 16.2 Å². The third-order valence-corrected chi connectivity index (χ3v) is 7.29. The number of hydrogen-bond acceptors (Lipinski definition) is 6. The van der Waals surface area contributed by atoms with Crippen LogP contribution in [0.25, 0.3) is 6.08 Å². The number of carbonyl (C=O) groups is 2. The summed E-state index contributed by atoms with van der Waals surface area (Å²) in [5.74, 6) is -0.678. The lowest BCUT2D eigenvalue weighted by Gasteiger charge is -2.38. The van der Waals surface area contributed by atoms with Crippen molar-refractivity contribution >= 4 is 17.9 Å². The van der Waals surface area contributed by atoms with E-state index < -0.39 is 23.9 Å². The number of aliphatic hydroxyl groups is 3. The maximum absolute atomic E-state index is 13.1. The molecule has 0 unspecified atom stereocenters. The maximum Gasteiger partial charge on any atom is 0.233 e. The Labute approximate surface area is 202 Å². The van der Waals surface area contributed by atoms with Crippen molar-refractivity contribution in [3.63, 3.8) is 0 Å². The first-order valence-corrected chi connectivity index (χ1v) is 12.5. The van der Waals surface area contributed by atoms with E-state index in [1.165, 1.54) is 4.90 Å². The lowest BCUT2D eigenvalue weighted by molar-refractivity contribution is -0.140. The van der Waals surface area contributed by atoms with Gasteiger partial charge in [-0.2, -0.15) is 0 Å². The second-order valence-electron chi connectivity index (χ2n) is 9.76. The summed E-state index contributed by atoms with van der Waals surface area (Å²) in [6, 6.07) is 3.55. The van der Waals surface area contributed by atoms with Gasteiger partial charge < -0.3 is 19.7 Å². The zero-order chi connectivity index (χ0) is 25.0. The number of aliphatic hydroxyl groups excluding tert-OH is 3. The lowest BCUT2D eigenvalue weighted by atomic mass is 9.66. The summed E-state index contributed by atoms with van der Waals surface area (Å²) in [7, 11) is 0. The Balaban J connectivity index is 1.85. The molecule has 0 radical (unpaired) electrons. The molecule has 1 aromatic rings. The van der Waals surface area contributed by atoms with Crippen LogP contribution in [0.3, 0.4) is 0 Å². The van der Waals surface area contributed by atoms with Gasteiger partial charge in [-0.25, -0.2) is 0 Å². The predicted molar refractivity (Wildman–Crippen MR) is 129 cm³/mol. The van der Waals surface area contributed by atoms with Crippen LogP contribution in [0.1, 0.15) is 71.3 Å². The topological polar surface area (TPSA) is 111 Å². The van der Waals surface area contributed by atoms with E-state index in [1.807, 2.05) is 39.8 Å². The van der Waals surface area contributed by atoms with Crippen molar-refractivity contribution in [1.82, 2.24) is 4.90 Å². The van der Waals surface area contributed by atoms with Gasteiger partial charge in [0.15, 0.2) is 0 Å². The van der Waals surface area contributed by atoms with Gasteiger partial charge in [-0.15, -0.1) is 0 Å². The molecule has 1 aromatic heterocycles. The highest BCUT2D eigenvalue weighted by atomic mass is 16.4. The molecule has 1 aliphatic carbocycles. The van der Waals surface area contributed by atoms with Gasteiger partial charge >= 0.3 is 0 Å². The SMILES string of the molecule is CCCN1C(=O)[C@@H]2[C@@H](CC(C(C)C)=C([C@H](O)CC/C(=C/c3ccc(CO)o3)CC)[C@@H]2CO)C1=O. The Bertz CT molecular complexity index is 943. The van der Waals surface area contributed by atoms with Crippen LogP contribution in [-0.4, -0.2) is 51.3 Å². The highest BCUT2D eigenvalue weighted by Crippen LogP contribution is 2.48. The van der Waals surface area contributed by atoms with E-state index in [1.54, 1.807) is 6.07 Å². The van der Waals surface area contributed by atoms with Crippen molar-refractivity contribution in [3.05, 3.63) is 40.4 Å². The highest BCUT2D eigenvalue weighted by Gasteiger charge is 2.54. The number of rotatable bonds is 11. The Kier molecular flexibility index (Phi) is 8.90. The fourth-order valence-corrected chi connectivity index (χ4v) is 5.54. The van der Waals surface area contributed by atoms with Gasteiger partial charge in [-0.05, 0) is 61.8 Å². The van der Waals surface area contributed by atoms with Crippen LogP contribution in [0.15, 0.2) is 33.3 Å². The highest BCUT2D eigenvalue weighted by molar-refractivity contribution is 6.05. The van der Waals surface area contributed by atoms with Crippen molar-refractivity contribution in [2.24, 2.45) is 23.7 Å². The average Bonchev–Trinajstić information content (AvgIpc) is 3.38. The van der Waals surface area contributed by atoms with Gasteiger partial charge in [0.25, 0.3) is 0 Å². The molecule has 7 nitrogen and oxygen atoms in total. The van der Waals surface area contributed by atoms with E-state index in [9.17, 15) is 24.9 Å². The molecule has 4 atom stereocenters. The predicted octanol–water partition coefficient (Wildman–Crippen LogP) is 3.68. The largest absolute Gasteiger partial charge is 0.459 e. The van der Waals surface area contributed by atoms with E-state index in [2.05, 4.69) is 0 Å².